The molecule has 2 aromatic rings. The number of para-hydroxylation sites is 1. The minimum atomic E-state index is -0.407. The fraction of sp³-hybridized carbons (Fsp3) is 0.125. The normalized spacial score (nSPS) is 10.0. The third-order valence-corrected chi connectivity index (χ3v) is 3.61. The Morgan fingerprint density at radius 3 is 2.43 bits per heavy atom. The zero-order chi connectivity index (χ0) is 16.7. The van der Waals surface area contributed by atoms with Gasteiger partial charge in [-0.05, 0) is 36.4 Å². The number of halogens is 2. The fourth-order valence-electron chi connectivity index (χ4n) is 1.67. The maximum Gasteiger partial charge on any atom is 0.258 e. The largest absolute Gasteiger partial charge is 0.482 e. The van der Waals surface area contributed by atoms with Crippen LogP contribution in [0.15, 0.2) is 53.0 Å². The van der Waals surface area contributed by atoms with Gasteiger partial charge in [-0.1, -0.05) is 39.7 Å². The number of rotatable bonds is 6. The van der Waals surface area contributed by atoms with Crippen molar-refractivity contribution in [3.8, 4) is 5.75 Å². The summed E-state index contributed by atoms with van der Waals surface area (Å²) in [7, 11) is 0. The van der Waals surface area contributed by atoms with Gasteiger partial charge < -0.3 is 15.4 Å². The van der Waals surface area contributed by atoms with Gasteiger partial charge in [-0.3, -0.25) is 9.59 Å². The van der Waals surface area contributed by atoms with E-state index in [1.54, 1.807) is 36.4 Å². The first-order valence-electron chi connectivity index (χ1n) is 6.74. The summed E-state index contributed by atoms with van der Waals surface area (Å²) in [5, 5.41) is 5.57. The van der Waals surface area contributed by atoms with Crippen molar-refractivity contribution >= 4 is 45.0 Å². The molecule has 0 saturated heterocycles. The van der Waals surface area contributed by atoms with Gasteiger partial charge >= 0.3 is 0 Å². The van der Waals surface area contributed by atoms with Crippen LogP contribution >= 0.6 is 27.5 Å². The van der Waals surface area contributed by atoms with Gasteiger partial charge in [-0.15, -0.1) is 0 Å². The topological polar surface area (TPSA) is 67.4 Å². The van der Waals surface area contributed by atoms with Crippen molar-refractivity contribution in [2.24, 2.45) is 0 Å². The molecular formula is C16H14BrClN2O3. The van der Waals surface area contributed by atoms with Crippen LogP contribution in [0, 0.1) is 0 Å². The summed E-state index contributed by atoms with van der Waals surface area (Å²) < 4.78 is 6.20. The van der Waals surface area contributed by atoms with E-state index in [0.29, 0.717) is 16.5 Å². The minimum Gasteiger partial charge on any atom is -0.482 e. The van der Waals surface area contributed by atoms with Gasteiger partial charge in [0.25, 0.3) is 5.91 Å². The predicted octanol–water partition coefficient (Wildman–Crippen LogP) is 3.24. The van der Waals surface area contributed by atoms with Crippen LogP contribution in [0.1, 0.15) is 0 Å². The van der Waals surface area contributed by atoms with Crippen LogP contribution in [0.3, 0.4) is 0 Å². The Kier molecular flexibility index (Phi) is 6.43. The molecule has 23 heavy (non-hydrogen) atoms. The summed E-state index contributed by atoms with van der Waals surface area (Å²) in [6, 6.07) is 14.0. The van der Waals surface area contributed by atoms with Crippen LogP contribution in [-0.2, 0) is 9.59 Å². The first kappa shape index (κ1) is 17.3. The lowest BCUT2D eigenvalue weighted by Gasteiger charge is -2.09. The van der Waals surface area contributed by atoms with E-state index in [0.717, 1.165) is 4.47 Å². The molecule has 0 unspecified atom stereocenters. The Morgan fingerprint density at radius 2 is 1.74 bits per heavy atom. The molecule has 5 nitrogen and oxygen atoms in total. The lowest BCUT2D eigenvalue weighted by Crippen LogP contribution is -2.35. The number of hydrogen-bond donors (Lipinski definition) is 2. The van der Waals surface area contributed by atoms with Gasteiger partial charge in [-0.25, -0.2) is 0 Å². The second kappa shape index (κ2) is 8.55. The van der Waals surface area contributed by atoms with Gasteiger partial charge in [0.15, 0.2) is 6.61 Å². The molecule has 2 aromatic carbocycles. The highest BCUT2D eigenvalue weighted by Gasteiger charge is 2.08. The average Bonchev–Trinajstić information content (AvgIpc) is 2.54. The lowest BCUT2D eigenvalue weighted by molar-refractivity contribution is -0.125. The summed E-state index contributed by atoms with van der Waals surface area (Å²) >= 11 is 9.22. The Bertz CT molecular complexity index is 692. The molecule has 2 amide bonds. The third kappa shape index (κ3) is 5.92. The van der Waals surface area contributed by atoms with Crippen LogP contribution in [0.4, 0.5) is 5.69 Å². The molecule has 2 rings (SSSR count). The number of benzene rings is 2. The third-order valence-electron chi connectivity index (χ3n) is 2.77. The monoisotopic (exact) mass is 396 g/mol. The van der Waals surface area contributed by atoms with Gasteiger partial charge in [-0.2, -0.15) is 0 Å². The highest BCUT2D eigenvalue weighted by atomic mass is 79.9. The van der Waals surface area contributed by atoms with Crippen molar-refractivity contribution in [2.75, 3.05) is 18.5 Å². The highest BCUT2D eigenvalue weighted by Crippen LogP contribution is 2.22. The van der Waals surface area contributed by atoms with E-state index in [9.17, 15) is 9.59 Å². The molecule has 2 N–H and O–H groups in total. The molecule has 0 bridgehead atoms. The maximum absolute atomic E-state index is 11.7. The number of carbonyl (C=O) groups is 2. The molecule has 7 heteroatoms. The zero-order valence-electron chi connectivity index (χ0n) is 12.0. The number of ether oxygens (including phenoxy) is 1. The molecule has 0 aliphatic heterocycles. The molecule has 0 aromatic heterocycles. The summed E-state index contributed by atoms with van der Waals surface area (Å²) in [5.41, 5.74) is 0.653. The van der Waals surface area contributed by atoms with Crippen LogP contribution in [0.5, 0.6) is 5.75 Å². The molecule has 0 radical (unpaired) electrons. The van der Waals surface area contributed by atoms with E-state index in [1.165, 1.54) is 0 Å². The quantitative estimate of drug-likeness (QED) is 0.786. The first-order valence-corrected chi connectivity index (χ1v) is 7.91. The molecule has 0 aliphatic rings. The molecule has 0 fully saturated rings. The first-order chi connectivity index (χ1) is 11.0. The molecule has 0 aliphatic carbocycles. The SMILES string of the molecule is O=C(COc1ccccc1Cl)NCC(=O)Nc1ccc(Br)cc1. The van der Waals surface area contributed by atoms with E-state index >= 15 is 0 Å². The summed E-state index contributed by atoms with van der Waals surface area (Å²) in [5.74, 6) is -0.307. The lowest BCUT2D eigenvalue weighted by atomic mass is 10.3. The molecule has 0 saturated carbocycles. The number of nitrogens with one attached hydrogen (secondary N) is 2. The zero-order valence-corrected chi connectivity index (χ0v) is 14.4. The summed E-state index contributed by atoms with van der Waals surface area (Å²) in [6.45, 7) is -0.351. The van der Waals surface area contributed by atoms with Crippen LogP contribution in [0.25, 0.3) is 0 Å². The van der Waals surface area contributed by atoms with E-state index in [-0.39, 0.29) is 19.1 Å². The molecule has 0 spiro atoms. The van der Waals surface area contributed by atoms with Gasteiger partial charge in [0.2, 0.25) is 5.91 Å². The number of amides is 2. The van der Waals surface area contributed by atoms with E-state index in [2.05, 4.69) is 26.6 Å². The van der Waals surface area contributed by atoms with Crippen LogP contribution < -0.4 is 15.4 Å². The Hall–Kier alpha value is -2.05. The molecule has 0 atom stereocenters. The van der Waals surface area contributed by atoms with E-state index < -0.39 is 5.91 Å². The van der Waals surface area contributed by atoms with Crippen molar-refractivity contribution in [1.29, 1.82) is 0 Å². The molecular weight excluding hydrogens is 384 g/mol. The second-order valence-electron chi connectivity index (χ2n) is 4.55. The Balaban J connectivity index is 1.72. The van der Waals surface area contributed by atoms with Crippen molar-refractivity contribution < 1.29 is 14.3 Å². The van der Waals surface area contributed by atoms with Gasteiger partial charge in [0.1, 0.15) is 5.75 Å². The Labute approximate surface area is 147 Å². The smallest absolute Gasteiger partial charge is 0.258 e. The van der Waals surface area contributed by atoms with E-state index in [1.807, 2.05) is 12.1 Å². The minimum absolute atomic E-state index is 0.138. The number of carbonyl (C=O) groups excluding carboxylic acids is 2. The second-order valence-corrected chi connectivity index (χ2v) is 5.87. The molecule has 120 valence electrons. The highest BCUT2D eigenvalue weighted by molar-refractivity contribution is 9.10. The van der Waals surface area contributed by atoms with Crippen molar-refractivity contribution in [3.63, 3.8) is 0 Å². The van der Waals surface area contributed by atoms with Gasteiger partial charge in [0.05, 0.1) is 11.6 Å². The van der Waals surface area contributed by atoms with Gasteiger partial charge in [0, 0.05) is 10.2 Å². The number of hydrogen-bond acceptors (Lipinski definition) is 3. The van der Waals surface area contributed by atoms with Crippen LogP contribution in [0.2, 0.25) is 5.02 Å². The van der Waals surface area contributed by atoms with Crippen molar-refractivity contribution in [1.82, 2.24) is 5.32 Å². The van der Waals surface area contributed by atoms with Crippen LogP contribution in [-0.4, -0.2) is 25.0 Å². The van der Waals surface area contributed by atoms with Crippen molar-refractivity contribution in [3.05, 3.63) is 58.0 Å². The number of anilines is 1. The summed E-state index contributed by atoms with van der Waals surface area (Å²) in [6.07, 6.45) is 0. The standard InChI is InChI=1S/C16H14BrClN2O3/c17-11-5-7-12(8-6-11)20-15(21)9-19-16(22)10-23-14-4-2-1-3-13(14)18/h1-8H,9-10H2,(H,19,22)(H,20,21). The summed E-state index contributed by atoms with van der Waals surface area (Å²) in [4.78, 5) is 23.4. The Morgan fingerprint density at radius 1 is 1.04 bits per heavy atom. The van der Waals surface area contributed by atoms with E-state index in [4.69, 9.17) is 16.3 Å². The van der Waals surface area contributed by atoms with Crippen molar-refractivity contribution in [2.45, 2.75) is 0 Å². The fourth-order valence-corrected chi connectivity index (χ4v) is 2.13. The predicted molar refractivity (Wildman–Crippen MR) is 92.7 cm³/mol. The average molecular weight is 398 g/mol. The molecule has 0 heterocycles. The maximum atomic E-state index is 11.7.